The lowest BCUT2D eigenvalue weighted by Crippen LogP contribution is -2.40. The van der Waals surface area contributed by atoms with Gasteiger partial charge in [0.1, 0.15) is 5.82 Å². The maximum Gasteiger partial charge on any atom is 0.338 e. The SMILES string of the molecule is COC(=O)C(C)(Cc1ccc(F)cc1C)OC. The van der Waals surface area contributed by atoms with E-state index in [-0.39, 0.29) is 5.82 Å². The van der Waals surface area contributed by atoms with Gasteiger partial charge in [0, 0.05) is 13.5 Å². The van der Waals surface area contributed by atoms with Crippen LogP contribution in [0.4, 0.5) is 4.39 Å². The molecule has 1 atom stereocenters. The van der Waals surface area contributed by atoms with Crippen LogP contribution < -0.4 is 0 Å². The topological polar surface area (TPSA) is 35.5 Å². The Morgan fingerprint density at radius 2 is 2.06 bits per heavy atom. The van der Waals surface area contributed by atoms with E-state index in [9.17, 15) is 9.18 Å². The zero-order chi connectivity index (χ0) is 13.1. The number of hydrogen-bond acceptors (Lipinski definition) is 3. The van der Waals surface area contributed by atoms with Crippen molar-refractivity contribution >= 4 is 5.97 Å². The summed E-state index contributed by atoms with van der Waals surface area (Å²) in [6, 6.07) is 4.46. The van der Waals surface area contributed by atoms with E-state index in [2.05, 4.69) is 0 Å². The number of aryl methyl sites for hydroxylation is 1. The summed E-state index contributed by atoms with van der Waals surface area (Å²) in [5.74, 6) is -0.729. The largest absolute Gasteiger partial charge is 0.467 e. The van der Waals surface area contributed by atoms with Crippen LogP contribution in [0, 0.1) is 12.7 Å². The smallest absolute Gasteiger partial charge is 0.338 e. The number of hydrogen-bond donors (Lipinski definition) is 0. The van der Waals surface area contributed by atoms with E-state index >= 15 is 0 Å². The average Bonchev–Trinajstić information content (AvgIpc) is 2.31. The molecule has 3 nitrogen and oxygen atoms in total. The van der Waals surface area contributed by atoms with Crippen LogP contribution in [0.15, 0.2) is 18.2 Å². The van der Waals surface area contributed by atoms with E-state index in [0.29, 0.717) is 6.42 Å². The third kappa shape index (κ3) is 3.03. The van der Waals surface area contributed by atoms with Gasteiger partial charge in [-0.25, -0.2) is 9.18 Å². The summed E-state index contributed by atoms with van der Waals surface area (Å²) in [4.78, 5) is 11.6. The molecule has 0 aliphatic rings. The Morgan fingerprint density at radius 1 is 1.41 bits per heavy atom. The van der Waals surface area contributed by atoms with Gasteiger partial charge in [-0.2, -0.15) is 0 Å². The fourth-order valence-electron chi connectivity index (χ4n) is 1.66. The van der Waals surface area contributed by atoms with Crippen molar-refractivity contribution in [1.29, 1.82) is 0 Å². The van der Waals surface area contributed by atoms with Gasteiger partial charge >= 0.3 is 5.97 Å². The number of ether oxygens (including phenoxy) is 2. The molecule has 17 heavy (non-hydrogen) atoms. The molecule has 1 rings (SSSR count). The number of esters is 1. The Kier molecular flexibility index (Phi) is 4.23. The highest BCUT2D eigenvalue weighted by atomic mass is 19.1. The Morgan fingerprint density at radius 3 is 2.53 bits per heavy atom. The molecule has 0 fully saturated rings. The maximum absolute atomic E-state index is 13.0. The van der Waals surface area contributed by atoms with Gasteiger partial charge in [-0.05, 0) is 37.1 Å². The fourth-order valence-corrected chi connectivity index (χ4v) is 1.66. The molecule has 0 aromatic heterocycles. The highest BCUT2D eigenvalue weighted by Crippen LogP contribution is 2.21. The van der Waals surface area contributed by atoms with Crippen molar-refractivity contribution in [1.82, 2.24) is 0 Å². The highest BCUT2D eigenvalue weighted by Gasteiger charge is 2.34. The molecular weight excluding hydrogens is 223 g/mol. The average molecular weight is 240 g/mol. The second kappa shape index (κ2) is 5.27. The van der Waals surface area contributed by atoms with Gasteiger partial charge in [0.25, 0.3) is 0 Å². The Bertz CT molecular complexity index is 417. The molecular formula is C13H17FO3. The van der Waals surface area contributed by atoms with Gasteiger partial charge < -0.3 is 9.47 Å². The number of halogens is 1. The summed E-state index contributed by atoms with van der Waals surface area (Å²) >= 11 is 0. The van der Waals surface area contributed by atoms with Crippen molar-refractivity contribution in [3.63, 3.8) is 0 Å². The number of rotatable bonds is 4. The summed E-state index contributed by atoms with van der Waals surface area (Å²) in [5, 5.41) is 0. The lowest BCUT2D eigenvalue weighted by molar-refractivity contribution is -0.163. The molecule has 0 saturated carbocycles. The Hall–Kier alpha value is -1.42. The van der Waals surface area contributed by atoms with Gasteiger partial charge in [0.05, 0.1) is 7.11 Å². The minimum atomic E-state index is -1.04. The fraction of sp³-hybridized carbons (Fsp3) is 0.462. The summed E-state index contributed by atoms with van der Waals surface area (Å²) in [7, 11) is 2.77. The summed E-state index contributed by atoms with van der Waals surface area (Å²) in [6.45, 7) is 3.45. The predicted molar refractivity (Wildman–Crippen MR) is 62.3 cm³/mol. The number of carbonyl (C=O) groups is 1. The molecule has 1 aromatic rings. The van der Waals surface area contributed by atoms with Crippen molar-refractivity contribution in [3.8, 4) is 0 Å². The molecule has 0 aliphatic heterocycles. The van der Waals surface area contributed by atoms with Crippen molar-refractivity contribution in [2.24, 2.45) is 0 Å². The van der Waals surface area contributed by atoms with Crippen LogP contribution in [0.1, 0.15) is 18.1 Å². The molecule has 0 spiro atoms. The normalized spacial score (nSPS) is 14.2. The van der Waals surface area contributed by atoms with Gasteiger partial charge in [-0.3, -0.25) is 0 Å². The van der Waals surface area contributed by atoms with Gasteiger partial charge in [-0.15, -0.1) is 0 Å². The predicted octanol–water partition coefficient (Wildman–Crippen LogP) is 2.25. The molecule has 0 saturated heterocycles. The Balaban J connectivity index is 2.99. The van der Waals surface area contributed by atoms with Crippen molar-refractivity contribution < 1.29 is 18.7 Å². The standard InChI is InChI=1S/C13H17FO3/c1-9-7-11(14)6-5-10(9)8-13(2,17-4)12(15)16-3/h5-7H,8H2,1-4H3. The third-order valence-electron chi connectivity index (χ3n) is 2.90. The second-order valence-electron chi connectivity index (χ2n) is 4.17. The zero-order valence-corrected chi connectivity index (χ0v) is 10.5. The van der Waals surface area contributed by atoms with Crippen LogP contribution in [0.3, 0.4) is 0 Å². The van der Waals surface area contributed by atoms with Gasteiger partial charge in [0.15, 0.2) is 5.60 Å². The molecule has 4 heteroatoms. The van der Waals surface area contributed by atoms with E-state index in [1.807, 2.05) is 0 Å². The molecule has 0 aliphatic carbocycles. The van der Waals surface area contributed by atoms with Crippen LogP contribution >= 0.6 is 0 Å². The minimum absolute atomic E-state index is 0.288. The summed E-state index contributed by atoms with van der Waals surface area (Å²) in [6.07, 6.45) is 0.349. The molecule has 0 N–H and O–H groups in total. The molecule has 0 heterocycles. The van der Waals surface area contributed by atoms with E-state index in [4.69, 9.17) is 9.47 Å². The molecule has 0 amide bonds. The summed E-state index contributed by atoms with van der Waals surface area (Å²) in [5.41, 5.74) is 0.607. The molecule has 0 bridgehead atoms. The van der Waals surface area contributed by atoms with Crippen molar-refractivity contribution in [2.75, 3.05) is 14.2 Å². The molecule has 94 valence electrons. The minimum Gasteiger partial charge on any atom is -0.467 e. The summed E-state index contributed by atoms with van der Waals surface area (Å²) < 4.78 is 22.9. The van der Waals surface area contributed by atoms with Crippen molar-refractivity contribution in [3.05, 3.63) is 35.1 Å². The third-order valence-corrected chi connectivity index (χ3v) is 2.90. The van der Waals surface area contributed by atoms with Gasteiger partial charge in [-0.1, -0.05) is 6.07 Å². The van der Waals surface area contributed by atoms with Crippen LogP contribution in [-0.2, 0) is 20.7 Å². The quantitative estimate of drug-likeness (QED) is 0.757. The van der Waals surface area contributed by atoms with E-state index in [1.165, 1.54) is 26.4 Å². The van der Waals surface area contributed by atoms with E-state index < -0.39 is 11.6 Å². The number of benzene rings is 1. The number of methoxy groups -OCH3 is 2. The maximum atomic E-state index is 13.0. The molecule has 1 unspecified atom stereocenters. The first-order chi connectivity index (χ1) is 7.92. The molecule has 0 radical (unpaired) electrons. The number of carbonyl (C=O) groups excluding carboxylic acids is 1. The lowest BCUT2D eigenvalue weighted by Gasteiger charge is -2.25. The lowest BCUT2D eigenvalue weighted by atomic mass is 9.93. The van der Waals surface area contributed by atoms with Crippen LogP contribution in [0.25, 0.3) is 0 Å². The first kappa shape index (κ1) is 13.6. The highest BCUT2D eigenvalue weighted by molar-refractivity contribution is 5.79. The first-order valence-electron chi connectivity index (χ1n) is 5.31. The van der Waals surface area contributed by atoms with E-state index in [0.717, 1.165) is 11.1 Å². The van der Waals surface area contributed by atoms with Crippen LogP contribution in [0.5, 0.6) is 0 Å². The van der Waals surface area contributed by atoms with Crippen LogP contribution in [-0.4, -0.2) is 25.8 Å². The van der Waals surface area contributed by atoms with E-state index in [1.54, 1.807) is 19.9 Å². The zero-order valence-electron chi connectivity index (χ0n) is 10.5. The first-order valence-corrected chi connectivity index (χ1v) is 5.31. The molecule has 1 aromatic carbocycles. The van der Waals surface area contributed by atoms with Crippen molar-refractivity contribution in [2.45, 2.75) is 25.9 Å². The van der Waals surface area contributed by atoms with Crippen LogP contribution in [0.2, 0.25) is 0 Å². The monoisotopic (exact) mass is 240 g/mol. The Labute approximate surface area is 101 Å². The second-order valence-corrected chi connectivity index (χ2v) is 4.17. The van der Waals surface area contributed by atoms with Gasteiger partial charge in [0.2, 0.25) is 0 Å².